The molecule has 0 unspecified atom stereocenters. The second kappa shape index (κ2) is 18.8. The van der Waals surface area contributed by atoms with Crippen molar-refractivity contribution in [3.8, 4) is 23.0 Å². The van der Waals surface area contributed by atoms with Crippen molar-refractivity contribution >= 4 is 17.6 Å². The van der Waals surface area contributed by atoms with E-state index in [0.717, 1.165) is 105 Å². The van der Waals surface area contributed by atoms with Gasteiger partial charge >= 0.3 is 0 Å². The molecule has 0 N–H and O–H groups in total. The van der Waals surface area contributed by atoms with Crippen LogP contribution in [0, 0.1) is 0 Å². The summed E-state index contributed by atoms with van der Waals surface area (Å²) in [5.41, 5.74) is 4.19. The quantitative estimate of drug-likeness (QED) is 0.0947. The zero-order valence-corrected chi connectivity index (χ0v) is 30.8. The maximum absolute atomic E-state index is 6.54. The molecule has 0 aromatic heterocycles. The SMILES string of the molecule is CCCCN(C)c1cc(OCCCN(CC)CC)cc(OCCN2CCCC2)c1N=Cc1cccc(Oc2ccc(C(C)(C)C)cc2)c1. The molecule has 0 saturated carbocycles. The zero-order valence-electron chi connectivity index (χ0n) is 30.8. The lowest BCUT2D eigenvalue weighted by Gasteiger charge is -2.24. The van der Waals surface area contributed by atoms with Crippen LogP contribution in [0.25, 0.3) is 0 Å². The van der Waals surface area contributed by atoms with E-state index >= 15 is 0 Å². The summed E-state index contributed by atoms with van der Waals surface area (Å²) < 4.78 is 19.2. The van der Waals surface area contributed by atoms with Crippen LogP contribution in [0.2, 0.25) is 0 Å². The number of nitrogens with zero attached hydrogens (tertiary/aromatic N) is 4. The predicted molar refractivity (Wildman–Crippen MR) is 203 cm³/mol. The van der Waals surface area contributed by atoms with E-state index in [1.807, 2.05) is 42.6 Å². The van der Waals surface area contributed by atoms with Crippen LogP contribution in [0.5, 0.6) is 23.0 Å². The first-order valence-corrected chi connectivity index (χ1v) is 18.2. The van der Waals surface area contributed by atoms with Gasteiger partial charge in [0.1, 0.15) is 29.5 Å². The maximum Gasteiger partial charge on any atom is 0.150 e. The summed E-state index contributed by atoms with van der Waals surface area (Å²) in [6, 6.07) is 20.6. The summed E-state index contributed by atoms with van der Waals surface area (Å²) >= 11 is 0. The van der Waals surface area contributed by atoms with Crippen LogP contribution in [-0.2, 0) is 5.41 Å². The van der Waals surface area contributed by atoms with E-state index in [1.54, 1.807) is 0 Å². The first-order valence-electron chi connectivity index (χ1n) is 18.2. The molecule has 1 heterocycles. The number of anilines is 1. The van der Waals surface area contributed by atoms with E-state index in [9.17, 15) is 0 Å². The van der Waals surface area contributed by atoms with Crippen molar-refractivity contribution < 1.29 is 14.2 Å². The lowest BCUT2D eigenvalue weighted by molar-refractivity contribution is 0.234. The molecular formula is C41H60N4O3. The van der Waals surface area contributed by atoms with E-state index in [1.165, 1.54) is 18.4 Å². The van der Waals surface area contributed by atoms with E-state index in [0.29, 0.717) is 13.2 Å². The molecule has 4 rings (SSSR count). The van der Waals surface area contributed by atoms with Gasteiger partial charge in [-0.2, -0.15) is 0 Å². The molecule has 0 amide bonds. The third kappa shape index (κ3) is 11.6. The van der Waals surface area contributed by atoms with Crippen LogP contribution in [0.1, 0.15) is 84.8 Å². The summed E-state index contributed by atoms with van der Waals surface area (Å²) in [5.74, 6) is 3.18. The Morgan fingerprint density at radius 3 is 2.25 bits per heavy atom. The molecule has 0 radical (unpaired) electrons. The van der Waals surface area contributed by atoms with Crippen LogP contribution in [0.3, 0.4) is 0 Å². The fourth-order valence-corrected chi connectivity index (χ4v) is 5.96. The van der Waals surface area contributed by atoms with Crippen molar-refractivity contribution in [1.29, 1.82) is 0 Å². The zero-order chi connectivity index (χ0) is 34.4. The van der Waals surface area contributed by atoms with Gasteiger partial charge in [0.2, 0.25) is 0 Å². The third-order valence-electron chi connectivity index (χ3n) is 9.09. The molecule has 0 aliphatic carbocycles. The maximum atomic E-state index is 6.54. The van der Waals surface area contributed by atoms with Crippen molar-refractivity contribution in [2.24, 2.45) is 4.99 Å². The summed E-state index contributed by atoms with van der Waals surface area (Å²) in [7, 11) is 2.14. The van der Waals surface area contributed by atoms with Crippen molar-refractivity contribution in [3.63, 3.8) is 0 Å². The van der Waals surface area contributed by atoms with Gasteiger partial charge in [-0.3, -0.25) is 9.89 Å². The van der Waals surface area contributed by atoms with Gasteiger partial charge in [-0.1, -0.05) is 72.2 Å². The monoisotopic (exact) mass is 656 g/mol. The van der Waals surface area contributed by atoms with Crippen LogP contribution < -0.4 is 19.1 Å². The smallest absolute Gasteiger partial charge is 0.150 e. The highest BCUT2D eigenvalue weighted by atomic mass is 16.5. The lowest BCUT2D eigenvalue weighted by atomic mass is 9.87. The van der Waals surface area contributed by atoms with Crippen molar-refractivity contribution in [3.05, 3.63) is 71.8 Å². The molecule has 7 nitrogen and oxygen atoms in total. The fourth-order valence-electron chi connectivity index (χ4n) is 5.96. The average molecular weight is 657 g/mol. The van der Waals surface area contributed by atoms with Crippen molar-refractivity contribution in [1.82, 2.24) is 9.80 Å². The van der Waals surface area contributed by atoms with Gasteiger partial charge in [-0.05, 0) is 92.7 Å². The highest BCUT2D eigenvalue weighted by Gasteiger charge is 2.18. The average Bonchev–Trinajstić information content (AvgIpc) is 3.60. The molecule has 1 aliphatic heterocycles. The van der Waals surface area contributed by atoms with E-state index in [2.05, 4.69) is 87.6 Å². The molecule has 7 heteroatoms. The second-order valence-electron chi connectivity index (χ2n) is 13.9. The molecule has 3 aromatic carbocycles. The summed E-state index contributed by atoms with van der Waals surface area (Å²) in [5, 5.41) is 0. The topological polar surface area (TPSA) is 49.8 Å². The molecule has 1 aliphatic rings. The lowest BCUT2D eigenvalue weighted by Crippen LogP contribution is -2.25. The van der Waals surface area contributed by atoms with Crippen molar-refractivity contribution in [2.75, 3.05) is 71.0 Å². The Bertz CT molecular complexity index is 1410. The predicted octanol–water partition coefficient (Wildman–Crippen LogP) is 9.35. The Hall–Kier alpha value is -3.55. The van der Waals surface area contributed by atoms with Gasteiger partial charge in [-0.15, -0.1) is 0 Å². The molecular weight excluding hydrogens is 596 g/mol. The molecule has 1 fully saturated rings. The summed E-state index contributed by atoms with van der Waals surface area (Å²) in [6.45, 7) is 21.9. The molecule has 0 spiro atoms. The Morgan fingerprint density at radius 2 is 1.56 bits per heavy atom. The van der Waals surface area contributed by atoms with Crippen LogP contribution in [0.4, 0.5) is 11.4 Å². The van der Waals surface area contributed by atoms with Gasteiger partial charge < -0.3 is 24.0 Å². The largest absolute Gasteiger partial charge is 0.493 e. The number of hydrogen-bond donors (Lipinski definition) is 0. The van der Waals surface area contributed by atoms with Gasteiger partial charge in [0.15, 0.2) is 5.75 Å². The van der Waals surface area contributed by atoms with Crippen LogP contribution in [0.15, 0.2) is 65.7 Å². The minimum Gasteiger partial charge on any atom is -0.493 e. The molecule has 0 atom stereocenters. The summed E-state index contributed by atoms with van der Waals surface area (Å²) in [6.07, 6.45) is 7.64. The number of aliphatic imine (C=N–C) groups is 1. The Labute approximate surface area is 290 Å². The van der Waals surface area contributed by atoms with Gasteiger partial charge in [0.05, 0.1) is 12.3 Å². The Balaban J connectivity index is 1.59. The first kappa shape index (κ1) is 37.3. The number of unbranched alkanes of at least 4 members (excludes halogenated alkanes) is 1. The molecule has 3 aromatic rings. The Morgan fingerprint density at radius 1 is 0.812 bits per heavy atom. The second-order valence-corrected chi connectivity index (χ2v) is 13.9. The number of likely N-dealkylation sites (tertiary alicyclic amines) is 1. The van der Waals surface area contributed by atoms with Crippen molar-refractivity contribution in [2.45, 2.75) is 79.1 Å². The highest BCUT2D eigenvalue weighted by molar-refractivity contribution is 5.87. The molecule has 262 valence electrons. The third-order valence-corrected chi connectivity index (χ3v) is 9.09. The standard InChI is InChI=1S/C41H60N4O3/c1-8-11-22-43(7)38-30-37(46-27-15-25-44(9-2)10-3)31-39(47-28-26-45-23-12-13-24-45)40(38)42-32-33-16-14-17-36(29-33)48-35-20-18-34(19-21-35)41(4,5)6/h14,16-21,29-32H,8-13,15,22-28H2,1-7H3. The molecule has 48 heavy (non-hydrogen) atoms. The minimum atomic E-state index is 0.102. The Kier molecular flexibility index (Phi) is 14.6. The highest BCUT2D eigenvalue weighted by Crippen LogP contribution is 2.42. The molecule has 0 bridgehead atoms. The normalized spacial score (nSPS) is 13.8. The number of rotatable bonds is 19. The van der Waals surface area contributed by atoms with Gasteiger partial charge in [0.25, 0.3) is 0 Å². The fraction of sp³-hybridized carbons (Fsp3) is 0.537. The number of benzene rings is 3. The first-order chi connectivity index (χ1) is 23.2. The summed E-state index contributed by atoms with van der Waals surface area (Å²) in [4.78, 5) is 12.3. The number of ether oxygens (including phenoxy) is 3. The van der Waals surface area contributed by atoms with Crippen LogP contribution >= 0.6 is 0 Å². The number of hydrogen-bond acceptors (Lipinski definition) is 7. The van der Waals surface area contributed by atoms with Gasteiger partial charge in [-0.25, -0.2) is 0 Å². The van der Waals surface area contributed by atoms with E-state index in [-0.39, 0.29) is 5.41 Å². The van der Waals surface area contributed by atoms with Crippen LogP contribution in [-0.4, -0.2) is 82.1 Å². The van der Waals surface area contributed by atoms with Gasteiger partial charge in [0, 0.05) is 45.0 Å². The van der Waals surface area contributed by atoms with E-state index in [4.69, 9.17) is 19.2 Å². The van der Waals surface area contributed by atoms with E-state index < -0.39 is 0 Å². The minimum absolute atomic E-state index is 0.102. The molecule has 1 saturated heterocycles.